The first-order valence-corrected chi connectivity index (χ1v) is 9.23. The number of nitrogens with one attached hydrogen (secondary N) is 1. The molecule has 0 atom stereocenters. The highest BCUT2D eigenvalue weighted by Crippen LogP contribution is 2.25. The lowest BCUT2D eigenvalue weighted by molar-refractivity contribution is -0.116. The van der Waals surface area contributed by atoms with Crippen LogP contribution in [0.1, 0.15) is 46.0 Å². The molecule has 1 saturated carbocycles. The zero-order valence-electron chi connectivity index (χ0n) is 14.9. The van der Waals surface area contributed by atoms with Crippen LogP contribution < -0.4 is 10.2 Å². The van der Waals surface area contributed by atoms with E-state index in [0.717, 1.165) is 38.0 Å². The van der Waals surface area contributed by atoms with Crippen molar-refractivity contribution in [2.45, 2.75) is 52.0 Å². The third kappa shape index (κ3) is 4.44. The molecule has 6 nitrogen and oxygen atoms in total. The van der Waals surface area contributed by atoms with Gasteiger partial charge in [0.25, 0.3) is 0 Å². The lowest BCUT2D eigenvalue weighted by Crippen LogP contribution is -2.50. The molecule has 1 aliphatic heterocycles. The molecular formula is C18H29N5O. The Hall–Kier alpha value is -1.69. The second-order valence-corrected chi connectivity index (χ2v) is 7.35. The Morgan fingerprint density at radius 3 is 2.62 bits per heavy atom. The van der Waals surface area contributed by atoms with Crippen molar-refractivity contribution in [3.8, 4) is 0 Å². The normalized spacial score (nSPS) is 19.9. The molecule has 6 heteroatoms. The Morgan fingerprint density at radius 2 is 1.96 bits per heavy atom. The van der Waals surface area contributed by atoms with Crippen LogP contribution in [0, 0.1) is 5.92 Å². The first-order valence-electron chi connectivity index (χ1n) is 9.23. The maximum atomic E-state index is 11.9. The van der Waals surface area contributed by atoms with Gasteiger partial charge >= 0.3 is 0 Å². The Kier molecular flexibility index (Phi) is 5.66. The lowest BCUT2D eigenvalue weighted by atomic mass is 10.1. The third-order valence-corrected chi connectivity index (χ3v) is 4.97. The van der Waals surface area contributed by atoms with E-state index in [1.165, 1.54) is 25.7 Å². The number of carbonyl (C=O) groups is 1. The van der Waals surface area contributed by atoms with Crippen molar-refractivity contribution in [3.05, 3.63) is 12.3 Å². The minimum atomic E-state index is -0.0202. The molecule has 24 heavy (non-hydrogen) atoms. The van der Waals surface area contributed by atoms with Gasteiger partial charge in [-0.2, -0.15) is 4.98 Å². The monoisotopic (exact) mass is 331 g/mol. The molecule has 2 aliphatic rings. The molecule has 1 saturated heterocycles. The van der Waals surface area contributed by atoms with Gasteiger partial charge in [-0.25, -0.2) is 4.98 Å². The predicted octanol–water partition coefficient (Wildman–Crippen LogP) is 2.53. The minimum absolute atomic E-state index is 0.0202. The van der Waals surface area contributed by atoms with Gasteiger partial charge < -0.3 is 4.90 Å². The van der Waals surface area contributed by atoms with Crippen molar-refractivity contribution in [2.24, 2.45) is 5.92 Å². The minimum Gasteiger partial charge on any atom is -0.354 e. The molecule has 1 aliphatic carbocycles. The van der Waals surface area contributed by atoms with Gasteiger partial charge in [0.15, 0.2) is 0 Å². The summed E-state index contributed by atoms with van der Waals surface area (Å²) in [6.07, 6.45) is 7.72. The van der Waals surface area contributed by atoms with E-state index in [-0.39, 0.29) is 5.91 Å². The maximum absolute atomic E-state index is 11.9. The number of aromatic nitrogens is 2. The fourth-order valence-corrected chi connectivity index (χ4v) is 3.72. The molecule has 0 aromatic carbocycles. The van der Waals surface area contributed by atoms with Crippen LogP contribution in [0.2, 0.25) is 0 Å². The molecule has 2 heterocycles. The highest BCUT2D eigenvalue weighted by molar-refractivity contribution is 5.89. The van der Waals surface area contributed by atoms with E-state index in [1.807, 2.05) is 19.9 Å². The number of piperazine rings is 1. The van der Waals surface area contributed by atoms with Gasteiger partial charge in [0.1, 0.15) is 5.82 Å². The van der Waals surface area contributed by atoms with Crippen LogP contribution >= 0.6 is 0 Å². The van der Waals surface area contributed by atoms with Gasteiger partial charge in [0.05, 0.1) is 0 Å². The number of carbonyl (C=O) groups excluding carboxylic acids is 1. The quantitative estimate of drug-likeness (QED) is 0.898. The third-order valence-electron chi connectivity index (χ3n) is 4.97. The lowest BCUT2D eigenvalue weighted by Gasteiger charge is -2.38. The SMILES string of the molecule is CC(C)CC(=O)Nc1nccc(N2CCN(C3CCCC3)CC2)n1. The van der Waals surface area contributed by atoms with Crippen molar-refractivity contribution < 1.29 is 4.79 Å². The number of anilines is 2. The smallest absolute Gasteiger partial charge is 0.231 e. The van der Waals surface area contributed by atoms with Gasteiger partial charge in [-0.3, -0.25) is 15.0 Å². The first-order chi connectivity index (χ1) is 11.6. The predicted molar refractivity (Wildman–Crippen MR) is 96.2 cm³/mol. The molecule has 0 radical (unpaired) electrons. The summed E-state index contributed by atoms with van der Waals surface area (Å²) in [6, 6.07) is 2.73. The molecule has 132 valence electrons. The topological polar surface area (TPSA) is 61.4 Å². The second-order valence-electron chi connectivity index (χ2n) is 7.35. The van der Waals surface area contributed by atoms with Crippen molar-refractivity contribution >= 4 is 17.7 Å². The second kappa shape index (κ2) is 7.92. The zero-order chi connectivity index (χ0) is 16.9. The summed E-state index contributed by atoms with van der Waals surface area (Å²) < 4.78 is 0. The summed E-state index contributed by atoms with van der Waals surface area (Å²) in [5.41, 5.74) is 0. The first kappa shape index (κ1) is 17.1. The van der Waals surface area contributed by atoms with Crippen molar-refractivity contribution in [1.82, 2.24) is 14.9 Å². The van der Waals surface area contributed by atoms with Gasteiger partial charge in [0, 0.05) is 44.8 Å². The van der Waals surface area contributed by atoms with Crippen molar-refractivity contribution in [2.75, 3.05) is 36.4 Å². The average molecular weight is 331 g/mol. The fraction of sp³-hybridized carbons (Fsp3) is 0.722. The zero-order valence-corrected chi connectivity index (χ0v) is 14.9. The fourth-order valence-electron chi connectivity index (χ4n) is 3.72. The number of nitrogens with zero attached hydrogens (tertiary/aromatic N) is 4. The molecule has 0 unspecified atom stereocenters. The van der Waals surface area contributed by atoms with Gasteiger partial charge in [-0.1, -0.05) is 26.7 Å². The molecule has 1 aromatic rings. The number of hydrogen-bond donors (Lipinski definition) is 1. The molecule has 0 bridgehead atoms. The van der Waals surface area contributed by atoms with Crippen LogP contribution in [0.25, 0.3) is 0 Å². The van der Waals surface area contributed by atoms with E-state index < -0.39 is 0 Å². The van der Waals surface area contributed by atoms with E-state index in [9.17, 15) is 4.79 Å². The highest BCUT2D eigenvalue weighted by Gasteiger charge is 2.26. The van der Waals surface area contributed by atoms with E-state index in [2.05, 4.69) is 25.1 Å². The van der Waals surface area contributed by atoms with Crippen LogP contribution in [0.15, 0.2) is 12.3 Å². The highest BCUT2D eigenvalue weighted by atomic mass is 16.1. The van der Waals surface area contributed by atoms with Gasteiger partial charge in [0.2, 0.25) is 11.9 Å². The van der Waals surface area contributed by atoms with Gasteiger partial charge in [-0.05, 0) is 24.8 Å². The molecule has 1 N–H and O–H groups in total. The standard InChI is InChI=1S/C18H29N5O/c1-14(2)13-17(24)21-18-19-8-7-16(20-18)23-11-9-22(10-12-23)15-5-3-4-6-15/h7-8,14-15H,3-6,9-13H2,1-2H3,(H,19,20,21,24). The molecule has 3 rings (SSSR count). The summed E-state index contributed by atoms with van der Waals surface area (Å²) in [5.74, 6) is 1.64. The Labute approximate surface area is 144 Å². The van der Waals surface area contributed by atoms with Crippen molar-refractivity contribution in [1.29, 1.82) is 0 Å². The van der Waals surface area contributed by atoms with Crippen LogP contribution in [0.3, 0.4) is 0 Å². The maximum Gasteiger partial charge on any atom is 0.231 e. The average Bonchev–Trinajstić information content (AvgIpc) is 3.09. The molecule has 0 spiro atoms. The Balaban J connectivity index is 1.55. The van der Waals surface area contributed by atoms with Crippen LogP contribution in [0.4, 0.5) is 11.8 Å². The van der Waals surface area contributed by atoms with E-state index in [1.54, 1.807) is 6.20 Å². The summed E-state index contributed by atoms with van der Waals surface area (Å²) in [7, 11) is 0. The number of rotatable bonds is 5. The van der Waals surface area contributed by atoms with Crippen molar-refractivity contribution in [3.63, 3.8) is 0 Å². The summed E-state index contributed by atoms with van der Waals surface area (Å²) in [4.78, 5) is 25.5. The van der Waals surface area contributed by atoms with Crippen LogP contribution in [-0.4, -0.2) is 53.0 Å². The van der Waals surface area contributed by atoms with Crippen LogP contribution in [-0.2, 0) is 4.79 Å². The van der Waals surface area contributed by atoms with E-state index in [0.29, 0.717) is 18.3 Å². The largest absolute Gasteiger partial charge is 0.354 e. The summed E-state index contributed by atoms with van der Waals surface area (Å²) >= 11 is 0. The molecule has 1 aromatic heterocycles. The van der Waals surface area contributed by atoms with E-state index in [4.69, 9.17) is 0 Å². The molecule has 1 amide bonds. The Bertz CT molecular complexity index is 548. The van der Waals surface area contributed by atoms with Crippen LogP contribution in [0.5, 0.6) is 0 Å². The Morgan fingerprint density at radius 1 is 1.25 bits per heavy atom. The molecule has 2 fully saturated rings. The summed E-state index contributed by atoms with van der Waals surface area (Å²) in [5, 5.41) is 2.81. The number of hydrogen-bond acceptors (Lipinski definition) is 5. The summed E-state index contributed by atoms with van der Waals surface area (Å²) in [6.45, 7) is 8.24. The van der Waals surface area contributed by atoms with Gasteiger partial charge in [-0.15, -0.1) is 0 Å². The number of amides is 1. The molecular weight excluding hydrogens is 302 g/mol. The van der Waals surface area contributed by atoms with E-state index >= 15 is 0 Å².